The van der Waals surface area contributed by atoms with Gasteiger partial charge in [-0.3, -0.25) is 4.79 Å². The third-order valence-electron chi connectivity index (χ3n) is 1.69. The van der Waals surface area contributed by atoms with E-state index in [-0.39, 0.29) is 5.76 Å². The molecule has 0 spiro atoms. The third-order valence-corrected chi connectivity index (χ3v) is 1.69. The van der Waals surface area contributed by atoms with Gasteiger partial charge in [0.25, 0.3) is 5.56 Å². The number of rotatable bonds is 2. The number of hydrogen-bond acceptors (Lipinski definition) is 4. The van der Waals surface area contributed by atoms with Crippen LogP contribution in [-0.4, -0.2) is 10.7 Å². The molecule has 2 heterocycles. The maximum atomic E-state index is 11.4. The fourth-order valence-corrected chi connectivity index (χ4v) is 1.02. The largest absolute Gasteiger partial charge is 0.457 e. The summed E-state index contributed by atoms with van der Waals surface area (Å²) in [6.07, 6.45) is 2.70. The lowest BCUT2D eigenvalue weighted by molar-refractivity contribution is 0.0407. The van der Waals surface area contributed by atoms with Crippen LogP contribution in [0.15, 0.2) is 52.0 Å². The maximum Gasteiger partial charge on any atom is 0.398 e. The molecule has 0 aliphatic rings. The molecule has 0 unspecified atom stereocenters. The van der Waals surface area contributed by atoms with Crippen molar-refractivity contribution < 1.29 is 14.0 Å². The van der Waals surface area contributed by atoms with Crippen LogP contribution in [0.5, 0.6) is 0 Å². The van der Waals surface area contributed by atoms with Crippen LogP contribution in [0.1, 0.15) is 10.6 Å². The predicted octanol–water partition coefficient (Wildman–Crippen LogP) is 0.710. The van der Waals surface area contributed by atoms with Gasteiger partial charge >= 0.3 is 5.97 Å². The Morgan fingerprint density at radius 1 is 1.27 bits per heavy atom. The van der Waals surface area contributed by atoms with Crippen LogP contribution in [-0.2, 0) is 0 Å². The van der Waals surface area contributed by atoms with Gasteiger partial charge in [-0.25, -0.2) is 4.79 Å². The molecule has 0 amide bonds. The number of pyridine rings is 1. The maximum absolute atomic E-state index is 11.4. The van der Waals surface area contributed by atoms with E-state index >= 15 is 0 Å². The van der Waals surface area contributed by atoms with E-state index in [0.717, 1.165) is 4.73 Å². The van der Waals surface area contributed by atoms with Crippen molar-refractivity contribution in [1.82, 2.24) is 4.73 Å². The minimum atomic E-state index is -0.715. The quantitative estimate of drug-likeness (QED) is 0.724. The van der Waals surface area contributed by atoms with E-state index in [1.54, 1.807) is 18.2 Å². The molecule has 0 aromatic carbocycles. The van der Waals surface area contributed by atoms with Gasteiger partial charge in [-0.05, 0) is 18.2 Å². The molecule has 0 atom stereocenters. The zero-order valence-electron chi connectivity index (χ0n) is 7.62. The van der Waals surface area contributed by atoms with Crippen LogP contribution in [0.3, 0.4) is 0 Å². The molecule has 0 aliphatic carbocycles. The Morgan fingerprint density at radius 2 is 2.13 bits per heavy atom. The number of furan rings is 1. The van der Waals surface area contributed by atoms with Gasteiger partial charge in [0, 0.05) is 12.3 Å². The van der Waals surface area contributed by atoms with E-state index in [0.29, 0.717) is 0 Å². The third kappa shape index (κ3) is 1.96. The first-order chi connectivity index (χ1) is 7.27. The summed E-state index contributed by atoms with van der Waals surface area (Å²) in [5, 5.41) is 0. The fraction of sp³-hybridized carbons (Fsp3) is 0. The molecule has 0 saturated heterocycles. The highest BCUT2D eigenvalue weighted by atomic mass is 16.7. The Balaban J connectivity index is 2.20. The average molecular weight is 205 g/mol. The number of carbonyl (C=O) groups is 1. The average Bonchev–Trinajstić information content (AvgIpc) is 2.74. The number of carbonyl (C=O) groups excluding carboxylic acids is 1. The molecule has 2 rings (SSSR count). The summed E-state index contributed by atoms with van der Waals surface area (Å²) < 4.78 is 5.66. The van der Waals surface area contributed by atoms with E-state index in [2.05, 4.69) is 0 Å². The van der Waals surface area contributed by atoms with Gasteiger partial charge in [-0.15, -0.1) is 4.73 Å². The van der Waals surface area contributed by atoms with E-state index in [1.165, 1.54) is 24.6 Å². The molecule has 5 nitrogen and oxygen atoms in total. The van der Waals surface area contributed by atoms with Gasteiger partial charge in [-0.2, -0.15) is 0 Å². The highest BCUT2D eigenvalue weighted by molar-refractivity contribution is 5.86. The Bertz CT molecular complexity index is 512. The van der Waals surface area contributed by atoms with E-state index in [9.17, 15) is 9.59 Å². The van der Waals surface area contributed by atoms with Crippen molar-refractivity contribution in [3.63, 3.8) is 0 Å². The molecule has 0 saturated carbocycles. The van der Waals surface area contributed by atoms with Gasteiger partial charge in [0.15, 0.2) is 0 Å². The molecular weight excluding hydrogens is 198 g/mol. The summed E-state index contributed by atoms with van der Waals surface area (Å²) in [6.45, 7) is 0. The van der Waals surface area contributed by atoms with Gasteiger partial charge in [-0.1, -0.05) is 6.07 Å². The lowest BCUT2D eigenvalue weighted by atomic mass is 10.5. The summed E-state index contributed by atoms with van der Waals surface area (Å²) in [4.78, 5) is 27.3. The first kappa shape index (κ1) is 9.26. The minimum Gasteiger partial charge on any atom is -0.457 e. The molecule has 15 heavy (non-hydrogen) atoms. The number of nitrogens with zero attached hydrogens (tertiary/aromatic N) is 1. The van der Waals surface area contributed by atoms with Crippen molar-refractivity contribution >= 4 is 5.97 Å². The van der Waals surface area contributed by atoms with Crippen molar-refractivity contribution in [2.45, 2.75) is 0 Å². The van der Waals surface area contributed by atoms with Crippen molar-refractivity contribution in [2.75, 3.05) is 0 Å². The Kier molecular flexibility index (Phi) is 2.37. The molecule has 5 heteroatoms. The second kappa shape index (κ2) is 3.83. The predicted molar refractivity (Wildman–Crippen MR) is 50.3 cm³/mol. The van der Waals surface area contributed by atoms with Crippen molar-refractivity contribution in [3.05, 3.63) is 58.9 Å². The summed E-state index contributed by atoms with van der Waals surface area (Å²) in [7, 11) is 0. The lowest BCUT2D eigenvalue weighted by Crippen LogP contribution is -2.29. The Morgan fingerprint density at radius 3 is 2.80 bits per heavy atom. The van der Waals surface area contributed by atoms with Gasteiger partial charge in [0.1, 0.15) is 0 Å². The Hall–Kier alpha value is -2.30. The number of hydrogen-bond donors (Lipinski definition) is 0. The molecule has 0 radical (unpaired) electrons. The number of aromatic nitrogens is 1. The van der Waals surface area contributed by atoms with Crippen molar-refractivity contribution in [1.29, 1.82) is 0 Å². The molecular formula is C10H7NO4. The standard InChI is InChI=1S/C10H7NO4/c12-9-5-1-2-6-11(9)15-10(13)8-4-3-7-14-8/h1-7H. The van der Waals surface area contributed by atoms with Crippen molar-refractivity contribution in [3.8, 4) is 0 Å². The SMILES string of the molecule is O=C(On1ccccc1=O)c1ccco1. The second-order valence-corrected chi connectivity index (χ2v) is 2.72. The van der Waals surface area contributed by atoms with E-state index < -0.39 is 11.5 Å². The molecule has 2 aromatic heterocycles. The van der Waals surface area contributed by atoms with Gasteiger partial charge in [0.2, 0.25) is 5.76 Å². The molecule has 2 aromatic rings. The zero-order chi connectivity index (χ0) is 10.7. The zero-order valence-corrected chi connectivity index (χ0v) is 7.62. The highest BCUT2D eigenvalue weighted by Crippen LogP contribution is 1.99. The lowest BCUT2D eigenvalue weighted by Gasteiger charge is -2.02. The molecule has 0 bridgehead atoms. The normalized spacial score (nSPS) is 9.87. The van der Waals surface area contributed by atoms with Gasteiger partial charge < -0.3 is 9.25 Å². The monoisotopic (exact) mass is 205 g/mol. The smallest absolute Gasteiger partial charge is 0.398 e. The molecule has 76 valence electrons. The fourth-order valence-electron chi connectivity index (χ4n) is 1.02. The summed E-state index contributed by atoms with van der Waals surface area (Å²) in [6, 6.07) is 7.44. The van der Waals surface area contributed by atoms with Crippen LogP contribution in [0.25, 0.3) is 0 Å². The Labute approximate surface area is 84.5 Å². The van der Waals surface area contributed by atoms with Crippen LogP contribution < -0.4 is 10.4 Å². The van der Waals surface area contributed by atoms with E-state index in [4.69, 9.17) is 9.25 Å². The van der Waals surface area contributed by atoms with Crippen molar-refractivity contribution in [2.24, 2.45) is 0 Å². The summed E-state index contributed by atoms with van der Waals surface area (Å²) in [5.41, 5.74) is -0.419. The molecule has 0 N–H and O–H groups in total. The van der Waals surface area contributed by atoms with Crippen LogP contribution in [0.4, 0.5) is 0 Å². The first-order valence-electron chi connectivity index (χ1n) is 4.21. The van der Waals surface area contributed by atoms with Gasteiger partial charge in [0.05, 0.1) is 6.26 Å². The van der Waals surface area contributed by atoms with E-state index in [1.807, 2.05) is 0 Å². The summed E-state index contributed by atoms with van der Waals surface area (Å²) in [5.74, 6) is -0.668. The molecule has 0 aliphatic heterocycles. The van der Waals surface area contributed by atoms with Crippen LogP contribution >= 0.6 is 0 Å². The second-order valence-electron chi connectivity index (χ2n) is 2.72. The van der Waals surface area contributed by atoms with Crippen LogP contribution in [0, 0.1) is 0 Å². The minimum absolute atomic E-state index is 0.0470. The molecule has 0 fully saturated rings. The first-order valence-corrected chi connectivity index (χ1v) is 4.21. The highest BCUT2D eigenvalue weighted by Gasteiger charge is 2.11. The van der Waals surface area contributed by atoms with Crippen LogP contribution in [0.2, 0.25) is 0 Å². The topological polar surface area (TPSA) is 61.4 Å². The summed E-state index contributed by atoms with van der Waals surface area (Å²) >= 11 is 0.